The molecular formula is C6H11N2O3+. The standard InChI is InChI=1S/C6H10N2O3/c1-4(3-5(7)9)8-6(10)11-2/h3H,1-2H3,(H2,7,9)(H,8,10)/p+1/b4-3-. The summed E-state index contributed by atoms with van der Waals surface area (Å²) in [5.41, 5.74) is 3.52. The number of amides is 2. The molecule has 0 aliphatic rings. The van der Waals surface area contributed by atoms with Crippen molar-refractivity contribution in [2.75, 3.05) is 7.11 Å². The molecule has 0 rings (SSSR count). The van der Waals surface area contributed by atoms with Gasteiger partial charge in [0.05, 0.1) is 13.2 Å². The zero-order valence-corrected chi connectivity index (χ0v) is 6.51. The van der Waals surface area contributed by atoms with E-state index >= 15 is 0 Å². The Morgan fingerprint density at radius 3 is 2.45 bits per heavy atom. The minimum Gasteiger partial charge on any atom is -0.453 e. The first-order chi connectivity index (χ1) is 5.06. The van der Waals surface area contributed by atoms with Crippen LogP contribution in [0.1, 0.15) is 6.92 Å². The van der Waals surface area contributed by atoms with Crippen molar-refractivity contribution in [3.63, 3.8) is 0 Å². The Kier molecular flexibility index (Phi) is 3.90. The van der Waals surface area contributed by atoms with E-state index in [2.05, 4.69) is 15.8 Å². The van der Waals surface area contributed by atoms with Gasteiger partial charge in [0, 0.05) is 5.70 Å². The maximum Gasteiger partial charge on any atom is 0.411 e. The van der Waals surface area contributed by atoms with Crippen molar-refractivity contribution in [3.8, 4) is 0 Å². The van der Waals surface area contributed by atoms with Crippen LogP contribution in [0, 0.1) is 0 Å². The van der Waals surface area contributed by atoms with Crippen molar-refractivity contribution in [3.05, 3.63) is 11.8 Å². The Balaban J connectivity index is 3.96. The van der Waals surface area contributed by atoms with Crippen LogP contribution in [0.4, 0.5) is 4.79 Å². The van der Waals surface area contributed by atoms with E-state index in [9.17, 15) is 9.59 Å². The van der Waals surface area contributed by atoms with E-state index in [-0.39, 0.29) is 5.91 Å². The Bertz CT molecular complexity index is 198. The number of hydrogen-bond acceptors (Lipinski definition) is 3. The van der Waals surface area contributed by atoms with Gasteiger partial charge in [-0.25, -0.2) is 9.59 Å². The maximum absolute atomic E-state index is 10.5. The fraction of sp³-hybridized carbons (Fsp3) is 0.333. The molecule has 0 fully saturated rings. The summed E-state index contributed by atoms with van der Waals surface area (Å²) in [6, 6.07) is 0. The van der Waals surface area contributed by atoms with Gasteiger partial charge in [0.15, 0.2) is 0 Å². The van der Waals surface area contributed by atoms with E-state index < -0.39 is 6.09 Å². The topological polar surface area (TPSA) is 83.0 Å². The van der Waals surface area contributed by atoms with Crippen LogP contribution in [0.5, 0.6) is 0 Å². The first-order valence-corrected chi connectivity index (χ1v) is 2.95. The second-order valence-electron chi connectivity index (χ2n) is 1.91. The highest BCUT2D eigenvalue weighted by Gasteiger charge is 2.00. The SMILES string of the molecule is COC(=O)N/C(C)=C\C([NH3+])=O. The minimum atomic E-state index is -0.597. The summed E-state index contributed by atoms with van der Waals surface area (Å²) in [6.45, 7) is 1.57. The number of allylic oxidation sites excluding steroid dienone is 1. The summed E-state index contributed by atoms with van der Waals surface area (Å²) < 4.78 is 4.28. The third-order valence-corrected chi connectivity index (χ3v) is 0.862. The number of methoxy groups -OCH3 is 1. The molecule has 0 saturated heterocycles. The Hall–Kier alpha value is -1.36. The van der Waals surface area contributed by atoms with Crippen molar-refractivity contribution in [1.82, 2.24) is 5.32 Å². The van der Waals surface area contributed by atoms with Gasteiger partial charge in [0.25, 0.3) is 0 Å². The molecule has 0 radical (unpaired) electrons. The van der Waals surface area contributed by atoms with Gasteiger partial charge >= 0.3 is 12.0 Å². The summed E-state index contributed by atoms with van der Waals surface area (Å²) in [5.74, 6) is -0.362. The fourth-order valence-electron chi connectivity index (χ4n) is 0.490. The van der Waals surface area contributed by atoms with Crippen molar-refractivity contribution in [1.29, 1.82) is 0 Å². The van der Waals surface area contributed by atoms with Crippen molar-refractivity contribution in [2.24, 2.45) is 0 Å². The Morgan fingerprint density at radius 2 is 2.09 bits per heavy atom. The molecule has 2 amide bonds. The number of nitrogens with one attached hydrogen (secondary N) is 1. The van der Waals surface area contributed by atoms with Crippen LogP contribution in [0.25, 0.3) is 0 Å². The van der Waals surface area contributed by atoms with Gasteiger partial charge in [-0.3, -0.25) is 11.1 Å². The third-order valence-electron chi connectivity index (χ3n) is 0.862. The number of rotatable bonds is 2. The molecule has 4 N–H and O–H groups in total. The number of carbonyl (C=O) groups is 2. The molecular weight excluding hydrogens is 148 g/mol. The van der Waals surface area contributed by atoms with E-state index in [4.69, 9.17) is 0 Å². The zero-order chi connectivity index (χ0) is 8.85. The molecule has 62 valence electrons. The van der Waals surface area contributed by atoms with Crippen LogP contribution in [-0.2, 0) is 9.53 Å². The van der Waals surface area contributed by atoms with Crippen LogP contribution in [0.2, 0.25) is 0 Å². The molecule has 0 aromatic rings. The van der Waals surface area contributed by atoms with Crippen LogP contribution in [0.15, 0.2) is 11.8 Å². The van der Waals surface area contributed by atoms with Gasteiger partial charge < -0.3 is 4.74 Å². The lowest BCUT2D eigenvalue weighted by atomic mass is 10.4. The van der Waals surface area contributed by atoms with Gasteiger partial charge in [-0.1, -0.05) is 0 Å². The van der Waals surface area contributed by atoms with Gasteiger partial charge in [0.1, 0.15) is 0 Å². The molecule has 0 aliphatic carbocycles. The summed E-state index contributed by atoms with van der Waals surface area (Å²) in [5, 5.41) is 2.30. The van der Waals surface area contributed by atoms with Crippen molar-refractivity contribution in [2.45, 2.75) is 6.92 Å². The number of ether oxygens (including phenoxy) is 1. The molecule has 0 atom stereocenters. The third kappa shape index (κ3) is 5.10. The second kappa shape index (κ2) is 4.45. The fourth-order valence-corrected chi connectivity index (χ4v) is 0.490. The molecule has 5 nitrogen and oxygen atoms in total. The largest absolute Gasteiger partial charge is 0.453 e. The van der Waals surface area contributed by atoms with Gasteiger partial charge in [-0.2, -0.15) is 0 Å². The Labute approximate surface area is 64.2 Å². The van der Waals surface area contributed by atoms with E-state index in [0.29, 0.717) is 5.70 Å². The molecule has 0 aliphatic heterocycles. The molecule has 11 heavy (non-hydrogen) atoms. The van der Waals surface area contributed by atoms with E-state index in [0.717, 1.165) is 0 Å². The van der Waals surface area contributed by atoms with Gasteiger partial charge in [0.2, 0.25) is 0 Å². The molecule has 0 aromatic heterocycles. The highest BCUT2D eigenvalue weighted by molar-refractivity contribution is 5.80. The maximum atomic E-state index is 10.5. The average Bonchev–Trinajstić information content (AvgIpc) is 1.85. The molecule has 0 unspecified atom stereocenters. The quantitative estimate of drug-likeness (QED) is 0.508. The minimum absolute atomic E-state index is 0.362. The summed E-state index contributed by atoms with van der Waals surface area (Å²) >= 11 is 0. The normalized spacial score (nSPS) is 10.6. The van der Waals surface area contributed by atoms with Crippen LogP contribution in [-0.4, -0.2) is 19.1 Å². The smallest absolute Gasteiger partial charge is 0.411 e. The monoisotopic (exact) mass is 159 g/mol. The van der Waals surface area contributed by atoms with Crippen molar-refractivity contribution >= 4 is 12.0 Å². The first-order valence-electron chi connectivity index (χ1n) is 2.95. The first kappa shape index (κ1) is 9.64. The highest BCUT2D eigenvalue weighted by Crippen LogP contribution is 1.85. The Morgan fingerprint density at radius 1 is 1.55 bits per heavy atom. The zero-order valence-electron chi connectivity index (χ0n) is 6.51. The van der Waals surface area contributed by atoms with Crippen LogP contribution >= 0.6 is 0 Å². The lowest BCUT2D eigenvalue weighted by Crippen LogP contribution is -2.56. The number of hydrogen-bond donors (Lipinski definition) is 2. The number of alkyl carbamates (subject to hydrolysis) is 1. The average molecular weight is 159 g/mol. The predicted octanol–water partition coefficient (Wildman–Crippen LogP) is -0.985. The molecule has 0 bridgehead atoms. The number of quaternary nitrogens is 1. The highest BCUT2D eigenvalue weighted by atomic mass is 16.5. The summed E-state index contributed by atoms with van der Waals surface area (Å²) in [7, 11) is 1.24. The molecule has 0 spiro atoms. The lowest BCUT2D eigenvalue weighted by molar-refractivity contribution is -0.297. The predicted molar refractivity (Wildman–Crippen MR) is 37.2 cm³/mol. The van der Waals surface area contributed by atoms with Gasteiger partial charge in [-0.15, -0.1) is 0 Å². The summed E-state index contributed by atoms with van der Waals surface area (Å²) in [6.07, 6.45) is 0.608. The number of carbonyl (C=O) groups excluding carboxylic acids is 2. The molecule has 0 saturated carbocycles. The van der Waals surface area contributed by atoms with Gasteiger partial charge in [-0.05, 0) is 6.92 Å². The molecule has 0 heterocycles. The van der Waals surface area contributed by atoms with E-state index in [1.165, 1.54) is 13.2 Å². The molecule has 0 aromatic carbocycles. The molecule has 5 heteroatoms. The summed E-state index contributed by atoms with van der Waals surface area (Å²) in [4.78, 5) is 20.8. The van der Waals surface area contributed by atoms with E-state index in [1.54, 1.807) is 6.92 Å². The van der Waals surface area contributed by atoms with Crippen LogP contribution in [0.3, 0.4) is 0 Å². The van der Waals surface area contributed by atoms with E-state index in [1.807, 2.05) is 0 Å². The second-order valence-corrected chi connectivity index (χ2v) is 1.91. The van der Waals surface area contributed by atoms with Crippen molar-refractivity contribution < 1.29 is 20.1 Å². The lowest BCUT2D eigenvalue weighted by Gasteiger charge is -2.00. The van der Waals surface area contributed by atoms with Crippen LogP contribution < -0.4 is 11.1 Å².